The third-order valence-corrected chi connectivity index (χ3v) is 5.92. The Morgan fingerprint density at radius 2 is 2.09 bits per heavy atom. The van der Waals surface area contributed by atoms with Gasteiger partial charge in [-0.05, 0) is 42.5 Å². The maximum atomic E-state index is 12.5. The largest absolute Gasteiger partial charge is 0.297 e. The molecule has 0 radical (unpaired) electrons. The van der Waals surface area contributed by atoms with Crippen LogP contribution in [0.2, 0.25) is 0 Å². The number of hydrogen-bond donors (Lipinski definition) is 0. The van der Waals surface area contributed by atoms with E-state index in [2.05, 4.69) is 4.98 Å². The van der Waals surface area contributed by atoms with E-state index in [-0.39, 0.29) is 5.56 Å². The molecule has 0 aliphatic heterocycles. The topological polar surface area (TPSA) is 52.0 Å². The fraction of sp³-hybridized carbons (Fsp3) is 0.250. The maximum absolute atomic E-state index is 12.5. The van der Waals surface area contributed by atoms with Gasteiger partial charge in [0.25, 0.3) is 5.56 Å². The fourth-order valence-corrected chi connectivity index (χ4v) is 4.40. The molecule has 0 N–H and O–H groups in total. The minimum absolute atomic E-state index is 0.0574. The summed E-state index contributed by atoms with van der Waals surface area (Å²) in [6.45, 7) is 4.34. The third kappa shape index (κ3) is 2.89. The molecule has 0 aliphatic rings. The normalized spacial score (nSPS) is 12.6. The Balaban J connectivity index is 1.81. The molecule has 0 saturated heterocycles. The molecule has 2 aromatic heterocycles. The second kappa shape index (κ2) is 6.14. The molecule has 2 heterocycles. The number of benzene rings is 1. The Labute approximate surface area is 134 Å². The first kappa shape index (κ1) is 15.1. The molecule has 0 saturated carbocycles. The van der Waals surface area contributed by atoms with E-state index < -0.39 is 10.8 Å². The summed E-state index contributed by atoms with van der Waals surface area (Å²) in [5.41, 5.74) is 2.77. The quantitative estimate of drug-likeness (QED) is 0.738. The van der Waals surface area contributed by atoms with E-state index in [9.17, 15) is 9.00 Å². The fourth-order valence-electron chi connectivity index (χ4n) is 2.28. The van der Waals surface area contributed by atoms with Crippen molar-refractivity contribution in [1.29, 1.82) is 0 Å². The van der Waals surface area contributed by atoms with Gasteiger partial charge in [-0.2, -0.15) is 0 Å². The third-order valence-electron chi connectivity index (χ3n) is 3.54. The van der Waals surface area contributed by atoms with Crippen LogP contribution in [-0.2, 0) is 17.3 Å². The van der Waals surface area contributed by atoms with Gasteiger partial charge >= 0.3 is 0 Å². The van der Waals surface area contributed by atoms with Crippen LogP contribution < -0.4 is 5.56 Å². The van der Waals surface area contributed by atoms with Gasteiger partial charge in [0.1, 0.15) is 4.70 Å². The van der Waals surface area contributed by atoms with Gasteiger partial charge in [-0.1, -0.05) is 12.1 Å². The summed E-state index contributed by atoms with van der Waals surface area (Å²) in [5, 5.41) is 1.86. The summed E-state index contributed by atoms with van der Waals surface area (Å²) in [5.74, 6) is 0.406. The van der Waals surface area contributed by atoms with Crippen LogP contribution in [0.3, 0.4) is 0 Å². The SMILES string of the molecule is Cc1ccc(C)c([S@@](=O)CCn2cnc3ccsc3c2=O)c1. The number of aromatic nitrogens is 2. The zero-order valence-corrected chi connectivity index (χ0v) is 14.0. The predicted molar refractivity (Wildman–Crippen MR) is 91.1 cm³/mol. The van der Waals surface area contributed by atoms with Crippen LogP contribution in [0.5, 0.6) is 0 Å². The van der Waals surface area contributed by atoms with Gasteiger partial charge in [-0.15, -0.1) is 11.3 Å². The van der Waals surface area contributed by atoms with E-state index in [1.54, 1.807) is 4.57 Å². The molecule has 0 aliphatic carbocycles. The average molecular weight is 332 g/mol. The van der Waals surface area contributed by atoms with E-state index in [0.29, 0.717) is 17.0 Å². The minimum atomic E-state index is -1.12. The molecule has 1 atom stereocenters. The van der Waals surface area contributed by atoms with Crippen molar-refractivity contribution in [2.75, 3.05) is 5.75 Å². The van der Waals surface area contributed by atoms with E-state index in [1.165, 1.54) is 17.7 Å². The van der Waals surface area contributed by atoms with Crippen molar-refractivity contribution >= 4 is 32.4 Å². The highest BCUT2D eigenvalue weighted by Crippen LogP contribution is 2.16. The first-order valence-electron chi connectivity index (χ1n) is 6.94. The molecule has 3 aromatic rings. The van der Waals surface area contributed by atoms with Crippen LogP contribution in [0.15, 0.2) is 45.7 Å². The first-order valence-corrected chi connectivity index (χ1v) is 9.14. The van der Waals surface area contributed by atoms with E-state index in [0.717, 1.165) is 21.5 Å². The van der Waals surface area contributed by atoms with Crippen LogP contribution in [0.1, 0.15) is 11.1 Å². The van der Waals surface area contributed by atoms with E-state index in [1.807, 2.05) is 43.5 Å². The van der Waals surface area contributed by atoms with E-state index >= 15 is 0 Å². The molecule has 4 nitrogen and oxygen atoms in total. The molecule has 0 unspecified atom stereocenters. The minimum Gasteiger partial charge on any atom is -0.297 e. The summed E-state index contributed by atoms with van der Waals surface area (Å²) >= 11 is 1.39. The lowest BCUT2D eigenvalue weighted by molar-refractivity contribution is 0.667. The molecule has 0 spiro atoms. The highest BCUT2D eigenvalue weighted by atomic mass is 32.2. The van der Waals surface area contributed by atoms with Crippen molar-refractivity contribution < 1.29 is 4.21 Å². The zero-order valence-electron chi connectivity index (χ0n) is 12.4. The molecule has 3 rings (SSSR count). The van der Waals surface area contributed by atoms with Gasteiger partial charge < -0.3 is 0 Å². The highest BCUT2D eigenvalue weighted by Gasteiger charge is 2.10. The van der Waals surface area contributed by atoms with E-state index in [4.69, 9.17) is 0 Å². The van der Waals surface area contributed by atoms with Gasteiger partial charge in [0.05, 0.1) is 22.6 Å². The van der Waals surface area contributed by atoms with Gasteiger partial charge in [0, 0.05) is 17.2 Å². The average Bonchev–Trinajstić information content (AvgIpc) is 2.98. The van der Waals surface area contributed by atoms with Crippen molar-refractivity contribution in [1.82, 2.24) is 9.55 Å². The molecule has 0 bridgehead atoms. The van der Waals surface area contributed by atoms with Crippen LogP contribution in [0.4, 0.5) is 0 Å². The summed E-state index contributed by atoms with van der Waals surface area (Å²) < 4.78 is 14.7. The van der Waals surface area contributed by atoms with Crippen molar-refractivity contribution in [2.24, 2.45) is 0 Å². The van der Waals surface area contributed by atoms with Crippen molar-refractivity contribution in [2.45, 2.75) is 25.3 Å². The standard InChI is InChI=1S/C16H16N2O2S2/c1-11-3-4-12(2)14(9-11)22(20)8-6-18-10-17-13-5-7-21-15(13)16(18)19/h3-5,7,9-10H,6,8H2,1-2H3/t22-/m0/s1. The lowest BCUT2D eigenvalue weighted by Crippen LogP contribution is -2.22. The predicted octanol–water partition coefficient (Wildman–Crippen LogP) is 2.88. The highest BCUT2D eigenvalue weighted by molar-refractivity contribution is 7.85. The van der Waals surface area contributed by atoms with Gasteiger partial charge in [-0.3, -0.25) is 13.6 Å². The Morgan fingerprint density at radius 1 is 1.27 bits per heavy atom. The number of nitrogens with zero attached hydrogens (tertiary/aromatic N) is 2. The van der Waals surface area contributed by atoms with Crippen LogP contribution in [-0.4, -0.2) is 19.5 Å². The summed E-state index contributed by atoms with van der Waals surface area (Å²) in [6, 6.07) is 7.78. The van der Waals surface area contributed by atoms with Gasteiger partial charge in [-0.25, -0.2) is 4.98 Å². The second-order valence-electron chi connectivity index (χ2n) is 5.20. The van der Waals surface area contributed by atoms with Crippen molar-refractivity contribution in [3.8, 4) is 0 Å². The van der Waals surface area contributed by atoms with Crippen LogP contribution >= 0.6 is 11.3 Å². The Kier molecular flexibility index (Phi) is 4.22. The number of thiophene rings is 1. The molecule has 1 aromatic carbocycles. The van der Waals surface area contributed by atoms with Gasteiger partial charge in [0.15, 0.2) is 0 Å². The van der Waals surface area contributed by atoms with Crippen LogP contribution in [0.25, 0.3) is 10.2 Å². The molecule has 0 amide bonds. The molecular formula is C16H16N2O2S2. The molecule has 6 heteroatoms. The van der Waals surface area contributed by atoms with Crippen molar-refractivity contribution in [3.63, 3.8) is 0 Å². The van der Waals surface area contributed by atoms with Gasteiger partial charge in [0.2, 0.25) is 0 Å². The number of fused-ring (bicyclic) bond motifs is 1. The summed E-state index contributed by atoms with van der Waals surface area (Å²) in [4.78, 5) is 17.4. The Morgan fingerprint density at radius 3 is 2.91 bits per heavy atom. The second-order valence-corrected chi connectivity index (χ2v) is 7.65. The van der Waals surface area contributed by atoms with Crippen LogP contribution in [0, 0.1) is 13.8 Å². The smallest absolute Gasteiger partial charge is 0.271 e. The lowest BCUT2D eigenvalue weighted by Gasteiger charge is -2.08. The zero-order chi connectivity index (χ0) is 15.7. The molecule has 22 heavy (non-hydrogen) atoms. The number of hydrogen-bond acceptors (Lipinski definition) is 4. The summed E-state index contributed by atoms with van der Waals surface area (Å²) in [6.07, 6.45) is 1.54. The molecule has 0 fully saturated rings. The maximum Gasteiger partial charge on any atom is 0.271 e. The Hall–Kier alpha value is -1.79. The lowest BCUT2D eigenvalue weighted by atomic mass is 10.2. The first-order chi connectivity index (χ1) is 10.6. The molecular weight excluding hydrogens is 316 g/mol. The monoisotopic (exact) mass is 332 g/mol. The van der Waals surface area contributed by atoms with Crippen molar-refractivity contribution in [3.05, 3.63) is 57.5 Å². The number of rotatable bonds is 4. The number of aryl methyl sites for hydroxylation is 3. The molecule has 114 valence electrons. The Bertz CT molecular complexity index is 912. The summed E-state index contributed by atoms with van der Waals surface area (Å²) in [7, 11) is -1.12.